The summed E-state index contributed by atoms with van der Waals surface area (Å²) in [5.74, 6) is 1.59. The minimum Gasteiger partial charge on any atom is -0.303 e. The maximum Gasteiger partial charge on any atom is 0.218 e. The zero-order chi connectivity index (χ0) is 18.7. The lowest BCUT2D eigenvalue weighted by atomic mass is 9.94. The average Bonchev–Trinajstić information content (AvgIpc) is 2.58. The minimum absolute atomic E-state index is 0.134. The number of nitrogens with zero attached hydrogens (tertiary/aromatic N) is 2. The molecule has 0 saturated carbocycles. The molecule has 2 saturated heterocycles. The quantitative estimate of drug-likeness (QED) is 0.786. The fourth-order valence-corrected chi connectivity index (χ4v) is 6.09. The van der Waals surface area contributed by atoms with Gasteiger partial charge in [0, 0.05) is 26.2 Å². The molecule has 1 atom stereocenters. The number of rotatable bonds is 5. The van der Waals surface area contributed by atoms with Gasteiger partial charge in [0.15, 0.2) is 0 Å². The van der Waals surface area contributed by atoms with E-state index in [-0.39, 0.29) is 5.75 Å². The van der Waals surface area contributed by atoms with Gasteiger partial charge in [-0.3, -0.25) is 0 Å². The Morgan fingerprint density at radius 2 is 1.81 bits per heavy atom. The smallest absolute Gasteiger partial charge is 0.218 e. The Bertz CT molecular complexity index is 709. The van der Waals surface area contributed by atoms with E-state index in [1.54, 1.807) is 4.31 Å². The van der Waals surface area contributed by atoms with Gasteiger partial charge in [0.2, 0.25) is 10.0 Å². The average molecular weight is 379 g/mol. The summed E-state index contributed by atoms with van der Waals surface area (Å²) in [6, 6.07) is 6.07. The molecule has 0 amide bonds. The first kappa shape index (κ1) is 19.8. The van der Waals surface area contributed by atoms with Crippen molar-refractivity contribution in [3.8, 4) is 0 Å². The highest BCUT2D eigenvalue weighted by Gasteiger charge is 2.30. The predicted octanol–water partition coefficient (Wildman–Crippen LogP) is 3.58. The highest BCUT2D eigenvalue weighted by Crippen LogP contribution is 2.25. The molecule has 26 heavy (non-hydrogen) atoms. The highest BCUT2D eigenvalue weighted by molar-refractivity contribution is 7.88. The van der Waals surface area contributed by atoms with Gasteiger partial charge in [0.1, 0.15) is 0 Å². The van der Waals surface area contributed by atoms with Crippen molar-refractivity contribution in [1.29, 1.82) is 0 Å². The third kappa shape index (κ3) is 5.08. The van der Waals surface area contributed by atoms with Crippen molar-refractivity contribution in [2.45, 2.75) is 52.2 Å². The van der Waals surface area contributed by atoms with E-state index in [4.69, 9.17) is 0 Å². The number of hydrogen-bond acceptors (Lipinski definition) is 3. The maximum absolute atomic E-state index is 12.9. The first-order valence-corrected chi connectivity index (χ1v) is 11.7. The Hall–Kier alpha value is -0.910. The van der Waals surface area contributed by atoms with Crippen LogP contribution >= 0.6 is 0 Å². The van der Waals surface area contributed by atoms with Gasteiger partial charge in [0.05, 0.1) is 5.75 Å². The van der Waals surface area contributed by atoms with Gasteiger partial charge < -0.3 is 4.90 Å². The van der Waals surface area contributed by atoms with Crippen molar-refractivity contribution in [3.05, 3.63) is 34.9 Å². The Kier molecular flexibility index (Phi) is 6.41. The Morgan fingerprint density at radius 1 is 1.08 bits per heavy atom. The summed E-state index contributed by atoms with van der Waals surface area (Å²) >= 11 is 0. The Labute approximate surface area is 159 Å². The van der Waals surface area contributed by atoms with Crippen LogP contribution in [0.5, 0.6) is 0 Å². The number of hydrogen-bond donors (Lipinski definition) is 0. The van der Waals surface area contributed by atoms with E-state index in [0.717, 1.165) is 42.0 Å². The molecule has 5 heteroatoms. The SMILES string of the molecule is Cc1ccc(C)c(CS(=O)(=O)N2CCC(CN3CCCC(C)C3)CC2)c1. The van der Waals surface area contributed by atoms with E-state index in [2.05, 4.69) is 11.8 Å². The van der Waals surface area contributed by atoms with Crippen molar-refractivity contribution in [1.82, 2.24) is 9.21 Å². The van der Waals surface area contributed by atoms with Crippen LogP contribution in [0.1, 0.15) is 49.3 Å². The van der Waals surface area contributed by atoms with Crippen LogP contribution in [-0.2, 0) is 15.8 Å². The number of aryl methyl sites for hydroxylation is 2. The summed E-state index contributed by atoms with van der Waals surface area (Å²) in [4.78, 5) is 2.60. The summed E-state index contributed by atoms with van der Waals surface area (Å²) in [5.41, 5.74) is 3.12. The maximum atomic E-state index is 12.9. The number of piperidine rings is 2. The molecule has 1 unspecified atom stereocenters. The Morgan fingerprint density at radius 3 is 2.50 bits per heavy atom. The van der Waals surface area contributed by atoms with Crippen LogP contribution in [0.3, 0.4) is 0 Å². The molecular formula is C21H34N2O2S. The van der Waals surface area contributed by atoms with Gasteiger partial charge in [-0.25, -0.2) is 12.7 Å². The molecule has 2 heterocycles. The van der Waals surface area contributed by atoms with Crippen LogP contribution in [0.15, 0.2) is 18.2 Å². The second kappa shape index (κ2) is 8.41. The molecule has 0 aromatic heterocycles. The van der Waals surface area contributed by atoms with Crippen molar-refractivity contribution in [2.75, 3.05) is 32.7 Å². The van der Waals surface area contributed by atoms with Crippen LogP contribution in [0.4, 0.5) is 0 Å². The molecule has 1 aromatic carbocycles. The van der Waals surface area contributed by atoms with Crippen LogP contribution in [0, 0.1) is 25.7 Å². The number of benzene rings is 1. The second-order valence-electron chi connectivity index (χ2n) is 8.54. The minimum atomic E-state index is -3.22. The van der Waals surface area contributed by atoms with Gasteiger partial charge in [-0.15, -0.1) is 0 Å². The fourth-order valence-electron chi connectivity index (χ4n) is 4.43. The molecule has 0 radical (unpaired) electrons. The molecular weight excluding hydrogens is 344 g/mol. The molecule has 1 aromatic rings. The Balaban J connectivity index is 1.54. The molecule has 0 spiro atoms. The lowest BCUT2D eigenvalue weighted by Crippen LogP contribution is -2.43. The van der Waals surface area contributed by atoms with Gasteiger partial charge in [-0.2, -0.15) is 0 Å². The zero-order valence-corrected chi connectivity index (χ0v) is 17.4. The third-order valence-corrected chi connectivity index (χ3v) is 7.89. The lowest BCUT2D eigenvalue weighted by molar-refractivity contribution is 0.136. The van der Waals surface area contributed by atoms with Crippen LogP contribution in [0.25, 0.3) is 0 Å². The lowest BCUT2D eigenvalue weighted by Gasteiger charge is -2.37. The molecule has 0 aliphatic carbocycles. The van der Waals surface area contributed by atoms with Crippen LogP contribution in [0.2, 0.25) is 0 Å². The summed E-state index contributed by atoms with van der Waals surface area (Å²) in [6.45, 7) is 11.3. The predicted molar refractivity (Wildman–Crippen MR) is 108 cm³/mol. The molecule has 2 fully saturated rings. The molecule has 0 bridgehead atoms. The molecule has 4 nitrogen and oxygen atoms in total. The summed E-state index contributed by atoms with van der Waals surface area (Å²) in [6.07, 6.45) is 4.66. The normalized spacial score (nSPS) is 24.0. The van der Waals surface area contributed by atoms with E-state index in [1.165, 1.54) is 25.9 Å². The van der Waals surface area contributed by atoms with E-state index < -0.39 is 10.0 Å². The van der Waals surface area contributed by atoms with Crippen LogP contribution in [-0.4, -0.2) is 50.3 Å². The first-order chi connectivity index (χ1) is 12.3. The number of sulfonamides is 1. The van der Waals surface area contributed by atoms with Crippen molar-refractivity contribution in [3.63, 3.8) is 0 Å². The summed E-state index contributed by atoms with van der Waals surface area (Å²) in [7, 11) is -3.22. The standard InChI is InChI=1S/C21H34N2O2S/c1-17-6-7-19(3)21(13-17)16-26(24,25)23-11-8-20(9-12-23)15-22-10-4-5-18(2)14-22/h6-7,13,18,20H,4-5,8-12,14-16H2,1-3H3. The van der Waals surface area contributed by atoms with Crippen molar-refractivity contribution < 1.29 is 8.42 Å². The first-order valence-electron chi connectivity index (χ1n) is 10.1. The largest absolute Gasteiger partial charge is 0.303 e. The summed E-state index contributed by atoms with van der Waals surface area (Å²) in [5, 5.41) is 0. The topological polar surface area (TPSA) is 40.6 Å². The third-order valence-electron chi connectivity index (χ3n) is 6.07. The fraction of sp³-hybridized carbons (Fsp3) is 0.714. The van der Waals surface area contributed by atoms with Crippen LogP contribution < -0.4 is 0 Å². The van der Waals surface area contributed by atoms with E-state index in [1.807, 2.05) is 32.0 Å². The van der Waals surface area contributed by atoms with Gasteiger partial charge in [0.25, 0.3) is 0 Å². The monoisotopic (exact) mass is 378 g/mol. The van der Waals surface area contributed by atoms with E-state index in [9.17, 15) is 8.42 Å². The highest BCUT2D eigenvalue weighted by atomic mass is 32.2. The molecule has 3 rings (SSSR count). The van der Waals surface area contributed by atoms with E-state index >= 15 is 0 Å². The number of likely N-dealkylation sites (tertiary alicyclic amines) is 1. The van der Waals surface area contributed by atoms with Gasteiger partial charge in [-0.1, -0.05) is 30.7 Å². The van der Waals surface area contributed by atoms with E-state index in [0.29, 0.717) is 19.0 Å². The molecule has 2 aliphatic heterocycles. The van der Waals surface area contributed by atoms with Crippen molar-refractivity contribution in [2.24, 2.45) is 11.8 Å². The summed E-state index contributed by atoms with van der Waals surface area (Å²) < 4.78 is 27.5. The van der Waals surface area contributed by atoms with Gasteiger partial charge >= 0.3 is 0 Å². The second-order valence-corrected chi connectivity index (χ2v) is 10.5. The molecule has 2 aliphatic rings. The van der Waals surface area contributed by atoms with Gasteiger partial charge in [-0.05, 0) is 69.0 Å². The molecule has 0 N–H and O–H groups in total. The molecule has 146 valence electrons. The van der Waals surface area contributed by atoms with Crippen molar-refractivity contribution >= 4 is 10.0 Å². The zero-order valence-electron chi connectivity index (χ0n) is 16.6.